The quantitative estimate of drug-likeness (QED) is 0.618. The fourth-order valence-electron chi connectivity index (χ4n) is 1.47. The normalized spacial score (nSPS) is 10.3. The van der Waals surface area contributed by atoms with Crippen LogP contribution in [0.25, 0.3) is 10.4 Å². The summed E-state index contributed by atoms with van der Waals surface area (Å²) in [6.07, 6.45) is 0. The van der Waals surface area contributed by atoms with Gasteiger partial charge in [0, 0.05) is 10.4 Å². The van der Waals surface area contributed by atoms with Crippen LogP contribution in [-0.2, 0) is 0 Å². The second-order valence-electron chi connectivity index (χ2n) is 3.53. The first-order valence-corrected chi connectivity index (χ1v) is 5.66. The van der Waals surface area contributed by atoms with Crippen molar-refractivity contribution in [3.8, 4) is 10.4 Å². The minimum absolute atomic E-state index is 0.0683. The standard InChI is InChI=1S/C12H12N2OS/c1-7(15)10-5-6-11(16-10)8-3-2-4-9(13)12(8)14/h2-6H,13-14H2,1H3. The molecule has 0 aliphatic rings. The van der Waals surface area contributed by atoms with Crippen molar-refractivity contribution in [1.29, 1.82) is 0 Å². The molecular formula is C12H12N2OS. The Bertz CT molecular complexity index is 546. The summed E-state index contributed by atoms with van der Waals surface area (Å²) in [7, 11) is 0. The third-order valence-corrected chi connectivity index (χ3v) is 3.58. The predicted molar refractivity (Wildman–Crippen MR) is 68.6 cm³/mol. The van der Waals surface area contributed by atoms with E-state index in [1.165, 1.54) is 11.3 Å². The van der Waals surface area contributed by atoms with E-state index >= 15 is 0 Å². The number of carbonyl (C=O) groups excluding carboxylic acids is 1. The Kier molecular flexibility index (Phi) is 2.66. The molecule has 2 aromatic rings. The maximum atomic E-state index is 11.2. The Balaban J connectivity index is 2.50. The summed E-state index contributed by atoms with van der Waals surface area (Å²) >= 11 is 1.43. The maximum Gasteiger partial charge on any atom is 0.169 e. The first-order chi connectivity index (χ1) is 7.59. The smallest absolute Gasteiger partial charge is 0.169 e. The molecule has 0 amide bonds. The largest absolute Gasteiger partial charge is 0.397 e. The molecule has 4 N–H and O–H groups in total. The zero-order valence-electron chi connectivity index (χ0n) is 8.86. The third kappa shape index (κ3) is 1.79. The Morgan fingerprint density at radius 1 is 1.19 bits per heavy atom. The van der Waals surface area contributed by atoms with Gasteiger partial charge in [0.05, 0.1) is 16.3 Å². The van der Waals surface area contributed by atoms with Gasteiger partial charge in [0.2, 0.25) is 0 Å². The van der Waals surface area contributed by atoms with Gasteiger partial charge in [-0.3, -0.25) is 4.79 Å². The van der Waals surface area contributed by atoms with Crippen molar-refractivity contribution in [3.05, 3.63) is 35.2 Å². The number of hydrogen-bond acceptors (Lipinski definition) is 4. The highest BCUT2D eigenvalue weighted by Crippen LogP contribution is 2.34. The summed E-state index contributed by atoms with van der Waals surface area (Å²) in [4.78, 5) is 12.9. The molecule has 0 atom stereocenters. The number of carbonyl (C=O) groups is 1. The highest BCUT2D eigenvalue weighted by molar-refractivity contribution is 7.17. The predicted octanol–water partition coefficient (Wildman–Crippen LogP) is 2.78. The minimum Gasteiger partial charge on any atom is -0.397 e. The molecular weight excluding hydrogens is 220 g/mol. The molecule has 0 aliphatic carbocycles. The molecule has 0 spiro atoms. The van der Waals surface area contributed by atoms with Gasteiger partial charge in [-0.25, -0.2) is 0 Å². The molecule has 3 nitrogen and oxygen atoms in total. The van der Waals surface area contributed by atoms with E-state index in [1.807, 2.05) is 24.3 Å². The number of benzene rings is 1. The van der Waals surface area contributed by atoms with E-state index in [9.17, 15) is 4.79 Å². The summed E-state index contributed by atoms with van der Waals surface area (Å²) in [5, 5.41) is 0. The number of nitrogens with two attached hydrogens (primary N) is 2. The van der Waals surface area contributed by atoms with Crippen LogP contribution in [0, 0.1) is 0 Å². The first kappa shape index (κ1) is 10.7. The second-order valence-corrected chi connectivity index (χ2v) is 4.61. The van der Waals surface area contributed by atoms with E-state index in [0.29, 0.717) is 11.4 Å². The molecule has 1 aromatic heterocycles. The molecule has 0 radical (unpaired) electrons. The highest BCUT2D eigenvalue weighted by Gasteiger charge is 2.09. The number of thiophene rings is 1. The van der Waals surface area contributed by atoms with Crippen molar-refractivity contribution in [2.45, 2.75) is 6.92 Å². The lowest BCUT2D eigenvalue weighted by molar-refractivity contribution is 0.102. The third-order valence-electron chi connectivity index (χ3n) is 2.36. The number of para-hydroxylation sites is 1. The van der Waals surface area contributed by atoms with Gasteiger partial charge in [0.25, 0.3) is 0 Å². The summed E-state index contributed by atoms with van der Waals surface area (Å²) in [5.74, 6) is 0.0683. The zero-order chi connectivity index (χ0) is 11.7. The number of Topliss-reactive ketones (excluding diaryl/α,β-unsaturated/α-hetero) is 1. The monoisotopic (exact) mass is 232 g/mol. The van der Waals surface area contributed by atoms with Gasteiger partial charge in [0.1, 0.15) is 0 Å². The second kappa shape index (κ2) is 3.98. The SMILES string of the molecule is CC(=O)c1ccc(-c2cccc(N)c2N)s1. The number of anilines is 2. The molecule has 0 fully saturated rings. The molecule has 82 valence electrons. The van der Waals surface area contributed by atoms with E-state index in [2.05, 4.69) is 0 Å². The lowest BCUT2D eigenvalue weighted by Gasteiger charge is -2.05. The average molecular weight is 232 g/mol. The zero-order valence-corrected chi connectivity index (χ0v) is 9.67. The molecule has 0 bridgehead atoms. The van der Waals surface area contributed by atoms with Crippen LogP contribution in [0.2, 0.25) is 0 Å². The molecule has 0 aliphatic heterocycles. The van der Waals surface area contributed by atoms with Gasteiger partial charge in [-0.15, -0.1) is 11.3 Å². The van der Waals surface area contributed by atoms with E-state index in [1.54, 1.807) is 13.0 Å². The number of rotatable bonds is 2. The maximum absolute atomic E-state index is 11.2. The molecule has 0 saturated carbocycles. The van der Waals surface area contributed by atoms with Crippen LogP contribution < -0.4 is 11.5 Å². The lowest BCUT2D eigenvalue weighted by Crippen LogP contribution is -1.95. The van der Waals surface area contributed by atoms with Crippen LogP contribution in [0.1, 0.15) is 16.6 Å². The highest BCUT2D eigenvalue weighted by atomic mass is 32.1. The Morgan fingerprint density at radius 2 is 1.94 bits per heavy atom. The number of nitrogen functional groups attached to an aromatic ring is 2. The minimum atomic E-state index is 0.0683. The van der Waals surface area contributed by atoms with Gasteiger partial charge in [-0.05, 0) is 25.1 Å². The summed E-state index contributed by atoms with van der Waals surface area (Å²) in [6, 6.07) is 9.23. The van der Waals surface area contributed by atoms with Crippen LogP contribution in [0.5, 0.6) is 0 Å². The molecule has 4 heteroatoms. The van der Waals surface area contributed by atoms with E-state index < -0.39 is 0 Å². The van der Waals surface area contributed by atoms with Gasteiger partial charge in [0.15, 0.2) is 5.78 Å². The lowest BCUT2D eigenvalue weighted by atomic mass is 10.1. The van der Waals surface area contributed by atoms with Gasteiger partial charge < -0.3 is 11.5 Å². The van der Waals surface area contributed by atoms with E-state index in [0.717, 1.165) is 15.3 Å². The number of ketones is 1. The van der Waals surface area contributed by atoms with Crippen LogP contribution in [0.15, 0.2) is 30.3 Å². The molecule has 0 unspecified atom stereocenters. The van der Waals surface area contributed by atoms with Crippen molar-refractivity contribution in [3.63, 3.8) is 0 Å². The van der Waals surface area contributed by atoms with Crippen LogP contribution in [0.4, 0.5) is 11.4 Å². The average Bonchev–Trinajstić information content (AvgIpc) is 2.71. The fraction of sp³-hybridized carbons (Fsp3) is 0.0833. The molecule has 2 rings (SSSR count). The molecule has 1 aromatic carbocycles. The van der Waals surface area contributed by atoms with Crippen molar-refractivity contribution < 1.29 is 4.79 Å². The topological polar surface area (TPSA) is 69.1 Å². The van der Waals surface area contributed by atoms with Crippen molar-refractivity contribution in [1.82, 2.24) is 0 Å². The van der Waals surface area contributed by atoms with Gasteiger partial charge in [-0.2, -0.15) is 0 Å². The van der Waals surface area contributed by atoms with Crippen molar-refractivity contribution in [2.24, 2.45) is 0 Å². The Hall–Kier alpha value is -1.81. The summed E-state index contributed by atoms with van der Waals surface area (Å²) in [5.41, 5.74) is 13.7. The van der Waals surface area contributed by atoms with Crippen molar-refractivity contribution >= 4 is 28.5 Å². The molecule has 0 saturated heterocycles. The van der Waals surface area contributed by atoms with Crippen LogP contribution in [0.3, 0.4) is 0 Å². The molecule has 16 heavy (non-hydrogen) atoms. The van der Waals surface area contributed by atoms with Gasteiger partial charge in [-0.1, -0.05) is 12.1 Å². The Morgan fingerprint density at radius 3 is 2.56 bits per heavy atom. The summed E-state index contributed by atoms with van der Waals surface area (Å²) < 4.78 is 0. The van der Waals surface area contributed by atoms with Crippen LogP contribution in [-0.4, -0.2) is 5.78 Å². The fourth-order valence-corrected chi connectivity index (χ4v) is 2.41. The first-order valence-electron chi connectivity index (χ1n) is 4.84. The Labute approximate surface area is 97.7 Å². The number of hydrogen-bond donors (Lipinski definition) is 2. The van der Waals surface area contributed by atoms with Crippen molar-refractivity contribution in [2.75, 3.05) is 11.5 Å². The summed E-state index contributed by atoms with van der Waals surface area (Å²) in [6.45, 7) is 1.55. The molecule has 1 heterocycles. The van der Waals surface area contributed by atoms with Crippen LogP contribution >= 0.6 is 11.3 Å². The van der Waals surface area contributed by atoms with Gasteiger partial charge >= 0.3 is 0 Å². The van der Waals surface area contributed by atoms with E-state index in [-0.39, 0.29) is 5.78 Å². The van der Waals surface area contributed by atoms with E-state index in [4.69, 9.17) is 11.5 Å².